The number of benzene rings is 1. The molecule has 0 bridgehead atoms. The van der Waals surface area contributed by atoms with E-state index in [1.165, 1.54) is 10.4 Å². The number of rotatable bonds is 2. The Morgan fingerprint density at radius 3 is 3.00 bits per heavy atom. The molecule has 0 saturated heterocycles. The SMILES string of the molecule is BC1=CC=CC(Sc2cccc(Br)c2)C1. The smallest absolute Gasteiger partial charge is 0.118 e. The molecule has 0 N–H and O–H groups in total. The van der Waals surface area contributed by atoms with Gasteiger partial charge in [-0.1, -0.05) is 40.2 Å². The highest BCUT2D eigenvalue weighted by molar-refractivity contribution is 9.10. The summed E-state index contributed by atoms with van der Waals surface area (Å²) in [6, 6.07) is 8.48. The highest BCUT2D eigenvalue weighted by Crippen LogP contribution is 2.31. The molecule has 0 radical (unpaired) electrons. The largest absolute Gasteiger partial charge is 0.133 e. The van der Waals surface area contributed by atoms with Gasteiger partial charge < -0.3 is 0 Å². The van der Waals surface area contributed by atoms with Crippen LogP contribution in [0.4, 0.5) is 0 Å². The summed E-state index contributed by atoms with van der Waals surface area (Å²) in [6.07, 6.45) is 7.79. The van der Waals surface area contributed by atoms with Gasteiger partial charge >= 0.3 is 0 Å². The van der Waals surface area contributed by atoms with Crippen LogP contribution in [0.1, 0.15) is 6.42 Å². The van der Waals surface area contributed by atoms with Crippen LogP contribution in [0, 0.1) is 0 Å². The Kier molecular flexibility index (Phi) is 3.76. The molecule has 0 amide bonds. The zero-order valence-electron chi connectivity index (χ0n) is 8.61. The third-order valence-electron chi connectivity index (χ3n) is 2.31. The molecule has 15 heavy (non-hydrogen) atoms. The minimum absolute atomic E-state index is 0.587. The van der Waals surface area contributed by atoms with Crippen molar-refractivity contribution in [2.45, 2.75) is 16.6 Å². The van der Waals surface area contributed by atoms with Gasteiger partial charge in [0.1, 0.15) is 7.85 Å². The lowest BCUT2D eigenvalue weighted by Gasteiger charge is -2.16. The Morgan fingerprint density at radius 1 is 1.40 bits per heavy atom. The van der Waals surface area contributed by atoms with Gasteiger partial charge in [0.05, 0.1) is 0 Å². The zero-order chi connectivity index (χ0) is 10.7. The fraction of sp³-hybridized carbons (Fsp3) is 0.167. The van der Waals surface area contributed by atoms with Crippen molar-refractivity contribution in [3.63, 3.8) is 0 Å². The molecule has 0 saturated carbocycles. The van der Waals surface area contributed by atoms with Crippen LogP contribution in [0.15, 0.2) is 57.3 Å². The van der Waals surface area contributed by atoms with Crippen LogP contribution in [-0.4, -0.2) is 13.1 Å². The average Bonchev–Trinajstić information content (AvgIpc) is 2.17. The molecular weight excluding hydrogens is 267 g/mol. The maximum Gasteiger partial charge on any atom is 0.133 e. The zero-order valence-corrected chi connectivity index (χ0v) is 11.0. The highest BCUT2D eigenvalue weighted by Gasteiger charge is 2.10. The number of halogens is 1. The lowest BCUT2D eigenvalue weighted by atomic mass is 9.88. The van der Waals surface area contributed by atoms with Gasteiger partial charge in [0.25, 0.3) is 0 Å². The molecule has 0 spiro atoms. The van der Waals surface area contributed by atoms with Gasteiger partial charge in [-0.2, -0.15) is 0 Å². The van der Waals surface area contributed by atoms with Crippen LogP contribution >= 0.6 is 27.7 Å². The maximum atomic E-state index is 3.50. The number of allylic oxidation sites excluding steroid dienone is 3. The van der Waals surface area contributed by atoms with E-state index < -0.39 is 0 Å². The molecule has 1 aliphatic carbocycles. The molecule has 76 valence electrons. The fourth-order valence-corrected chi connectivity index (χ4v) is 3.36. The quantitative estimate of drug-likeness (QED) is 0.748. The van der Waals surface area contributed by atoms with Crippen LogP contribution in [0.3, 0.4) is 0 Å². The van der Waals surface area contributed by atoms with Crippen LogP contribution < -0.4 is 0 Å². The molecule has 0 nitrogen and oxygen atoms in total. The molecule has 2 rings (SSSR count). The summed E-state index contributed by atoms with van der Waals surface area (Å²) in [5, 5.41) is 0.587. The van der Waals surface area contributed by atoms with Crippen molar-refractivity contribution >= 4 is 35.5 Å². The molecule has 1 aromatic carbocycles. The maximum absolute atomic E-state index is 3.50. The lowest BCUT2D eigenvalue weighted by Crippen LogP contribution is -2.03. The van der Waals surface area contributed by atoms with Crippen molar-refractivity contribution in [1.82, 2.24) is 0 Å². The summed E-state index contributed by atoms with van der Waals surface area (Å²) in [5.41, 5.74) is 1.46. The first-order valence-electron chi connectivity index (χ1n) is 5.00. The molecule has 0 aliphatic heterocycles. The van der Waals surface area contributed by atoms with Crippen molar-refractivity contribution in [3.8, 4) is 0 Å². The summed E-state index contributed by atoms with van der Waals surface area (Å²) >= 11 is 5.42. The predicted octanol–water partition coefficient (Wildman–Crippen LogP) is 3.39. The molecule has 3 heteroatoms. The van der Waals surface area contributed by atoms with Gasteiger partial charge in [-0.25, -0.2) is 0 Å². The summed E-state index contributed by atoms with van der Waals surface area (Å²) < 4.78 is 1.15. The second-order valence-corrected chi connectivity index (χ2v) is 5.94. The van der Waals surface area contributed by atoms with Gasteiger partial charge in [0.2, 0.25) is 0 Å². The standard InChI is InChI=1S/C12H12BBrS/c13-9-3-1-5-11(7-9)15-12-6-2-4-10(14)8-12/h1-6,8,11H,7,13H2. The van der Waals surface area contributed by atoms with Crippen LogP contribution in [-0.2, 0) is 0 Å². The molecule has 0 heterocycles. The first kappa shape index (κ1) is 11.1. The molecule has 1 aliphatic rings. The molecule has 1 atom stereocenters. The fourth-order valence-electron chi connectivity index (χ4n) is 1.59. The molecular formula is C12H12BBrS. The topological polar surface area (TPSA) is 0 Å². The van der Waals surface area contributed by atoms with Crippen LogP contribution in [0.5, 0.6) is 0 Å². The second kappa shape index (κ2) is 5.08. The van der Waals surface area contributed by atoms with Crippen molar-refractivity contribution < 1.29 is 0 Å². The van der Waals surface area contributed by atoms with E-state index in [-0.39, 0.29) is 0 Å². The Balaban J connectivity index is 2.04. The summed E-state index contributed by atoms with van der Waals surface area (Å²) in [4.78, 5) is 1.33. The number of thioether (sulfide) groups is 1. The molecule has 0 aromatic heterocycles. The van der Waals surface area contributed by atoms with E-state index in [0.717, 1.165) is 10.9 Å². The normalized spacial score (nSPS) is 20.1. The van der Waals surface area contributed by atoms with E-state index in [2.05, 4.69) is 66.3 Å². The third-order valence-corrected chi connectivity index (χ3v) is 3.96. The van der Waals surface area contributed by atoms with E-state index in [1.54, 1.807) is 0 Å². The Morgan fingerprint density at radius 2 is 2.27 bits per heavy atom. The van der Waals surface area contributed by atoms with E-state index >= 15 is 0 Å². The number of hydrogen-bond donors (Lipinski definition) is 0. The van der Waals surface area contributed by atoms with Gasteiger partial charge in [-0.3, -0.25) is 0 Å². The van der Waals surface area contributed by atoms with Gasteiger partial charge in [0, 0.05) is 14.6 Å². The Labute approximate surface area is 104 Å². The minimum Gasteiger partial charge on any atom is -0.118 e. The molecule has 1 aromatic rings. The van der Waals surface area contributed by atoms with Gasteiger partial charge in [-0.05, 0) is 24.6 Å². The van der Waals surface area contributed by atoms with E-state index in [9.17, 15) is 0 Å². The van der Waals surface area contributed by atoms with Crippen molar-refractivity contribution in [1.29, 1.82) is 0 Å². The predicted molar refractivity (Wildman–Crippen MR) is 74.2 cm³/mol. The first-order chi connectivity index (χ1) is 7.24. The first-order valence-corrected chi connectivity index (χ1v) is 6.67. The average molecular weight is 279 g/mol. The molecule has 1 unspecified atom stereocenters. The third kappa shape index (κ3) is 3.28. The van der Waals surface area contributed by atoms with Crippen molar-refractivity contribution in [2.75, 3.05) is 0 Å². The summed E-state index contributed by atoms with van der Waals surface area (Å²) in [6.45, 7) is 0. The van der Waals surface area contributed by atoms with Crippen LogP contribution in [0.25, 0.3) is 0 Å². The van der Waals surface area contributed by atoms with E-state index in [1.807, 2.05) is 11.8 Å². The van der Waals surface area contributed by atoms with Gasteiger partial charge in [0.15, 0.2) is 0 Å². The van der Waals surface area contributed by atoms with E-state index in [4.69, 9.17) is 0 Å². The van der Waals surface area contributed by atoms with Crippen LogP contribution in [0.2, 0.25) is 0 Å². The lowest BCUT2D eigenvalue weighted by molar-refractivity contribution is 1.03. The summed E-state index contributed by atoms with van der Waals surface area (Å²) in [7, 11) is 2.19. The van der Waals surface area contributed by atoms with Crippen molar-refractivity contribution in [2.24, 2.45) is 0 Å². The molecule has 0 fully saturated rings. The van der Waals surface area contributed by atoms with Gasteiger partial charge in [-0.15, -0.1) is 17.2 Å². The van der Waals surface area contributed by atoms with E-state index in [0.29, 0.717) is 5.25 Å². The Hall–Kier alpha value is -0.405. The van der Waals surface area contributed by atoms with Crippen molar-refractivity contribution in [3.05, 3.63) is 52.4 Å². The number of hydrogen-bond acceptors (Lipinski definition) is 1. The monoisotopic (exact) mass is 278 g/mol. The summed E-state index contributed by atoms with van der Waals surface area (Å²) in [5.74, 6) is 0. The minimum atomic E-state index is 0.587. The second-order valence-electron chi connectivity index (χ2n) is 3.72. The highest BCUT2D eigenvalue weighted by atomic mass is 79.9. The Bertz CT molecular complexity index is 412.